The number of nitrogens with one attached hydrogen (secondary N) is 1. The maximum atomic E-state index is 3.47. The van der Waals surface area contributed by atoms with Crippen LogP contribution >= 0.6 is 0 Å². The zero-order chi connectivity index (χ0) is 13.7. The van der Waals surface area contributed by atoms with Crippen LogP contribution in [0.3, 0.4) is 0 Å². The van der Waals surface area contributed by atoms with Crippen molar-refractivity contribution in [1.82, 2.24) is 10.2 Å². The first-order valence-electron chi connectivity index (χ1n) is 7.66. The van der Waals surface area contributed by atoms with Gasteiger partial charge >= 0.3 is 0 Å². The Bertz CT molecular complexity index is 404. The molecule has 1 aliphatic heterocycles. The lowest BCUT2D eigenvalue weighted by Crippen LogP contribution is -2.29. The van der Waals surface area contributed by atoms with Gasteiger partial charge in [-0.2, -0.15) is 0 Å². The first kappa shape index (κ1) is 14.5. The number of nitrogens with zero attached hydrogens (tertiary/aromatic N) is 1. The summed E-state index contributed by atoms with van der Waals surface area (Å²) >= 11 is 0. The highest BCUT2D eigenvalue weighted by molar-refractivity contribution is 5.36. The van der Waals surface area contributed by atoms with E-state index in [1.165, 1.54) is 67.7 Å². The van der Waals surface area contributed by atoms with Gasteiger partial charge in [-0.3, -0.25) is 0 Å². The summed E-state index contributed by atoms with van der Waals surface area (Å²) < 4.78 is 0. The molecule has 19 heavy (non-hydrogen) atoms. The molecule has 0 bridgehead atoms. The molecule has 0 aliphatic carbocycles. The van der Waals surface area contributed by atoms with Gasteiger partial charge in [-0.1, -0.05) is 12.1 Å². The lowest BCUT2D eigenvalue weighted by atomic mass is 9.98. The lowest BCUT2D eigenvalue weighted by molar-refractivity contribution is 0.289. The molecule has 0 aromatic heterocycles. The second-order valence-electron chi connectivity index (χ2n) is 5.91. The van der Waals surface area contributed by atoms with Crippen molar-refractivity contribution < 1.29 is 0 Å². The number of hydrogen-bond acceptors (Lipinski definition) is 2. The van der Waals surface area contributed by atoms with Gasteiger partial charge in [0.15, 0.2) is 0 Å². The van der Waals surface area contributed by atoms with E-state index in [2.05, 4.69) is 43.1 Å². The van der Waals surface area contributed by atoms with Crippen molar-refractivity contribution in [2.45, 2.75) is 40.0 Å². The standard InChI is InChI=1S/C17H28N2/c1-14-12-16(3)17(13-15(14)2)6-4-9-19-10-5-7-18-8-11-19/h12-13,18H,4-11H2,1-3H3. The Morgan fingerprint density at radius 2 is 1.79 bits per heavy atom. The van der Waals surface area contributed by atoms with Crippen LogP contribution in [-0.2, 0) is 6.42 Å². The molecule has 2 heteroatoms. The Balaban J connectivity index is 1.83. The summed E-state index contributed by atoms with van der Waals surface area (Å²) in [5.74, 6) is 0. The van der Waals surface area contributed by atoms with E-state index >= 15 is 0 Å². The van der Waals surface area contributed by atoms with E-state index in [-0.39, 0.29) is 0 Å². The molecular weight excluding hydrogens is 232 g/mol. The predicted molar refractivity (Wildman–Crippen MR) is 82.9 cm³/mol. The minimum Gasteiger partial charge on any atom is -0.315 e. The van der Waals surface area contributed by atoms with Crippen LogP contribution in [0.15, 0.2) is 12.1 Å². The Hall–Kier alpha value is -0.860. The fourth-order valence-corrected chi connectivity index (χ4v) is 2.91. The van der Waals surface area contributed by atoms with Crippen molar-refractivity contribution in [3.63, 3.8) is 0 Å². The molecule has 0 unspecified atom stereocenters. The largest absolute Gasteiger partial charge is 0.315 e. The van der Waals surface area contributed by atoms with Crippen LogP contribution in [0.2, 0.25) is 0 Å². The number of benzene rings is 1. The highest BCUT2D eigenvalue weighted by Gasteiger charge is 2.08. The summed E-state index contributed by atoms with van der Waals surface area (Å²) in [4.78, 5) is 2.61. The van der Waals surface area contributed by atoms with Gasteiger partial charge in [-0.05, 0) is 81.9 Å². The third kappa shape index (κ3) is 4.32. The van der Waals surface area contributed by atoms with E-state index in [0.29, 0.717) is 0 Å². The maximum Gasteiger partial charge on any atom is 0.0107 e. The Kier molecular flexibility index (Phi) is 5.41. The zero-order valence-electron chi connectivity index (χ0n) is 12.8. The lowest BCUT2D eigenvalue weighted by Gasteiger charge is -2.19. The van der Waals surface area contributed by atoms with E-state index in [1.54, 1.807) is 0 Å². The van der Waals surface area contributed by atoms with Crippen LogP contribution < -0.4 is 5.32 Å². The molecule has 1 aromatic carbocycles. The average Bonchev–Trinajstić information content (AvgIpc) is 2.64. The van der Waals surface area contributed by atoms with Gasteiger partial charge in [-0.25, -0.2) is 0 Å². The number of aryl methyl sites for hydroxylation is 4. The fourth-order valence-electron chi connectivity index (χ4n) is 2.91. The fraction of sp³-hybridized carbons (Fsp3) is 0.647. The van der Waals surface area contributed by atoms with Crippen molar-refractivity contribution in [3.05, 3.63) is 34.4 Å². The molecule has 1 saturated heterocycles. The van der Waals surface area contributed by atoms with Crippen molar-refractivity contribution >= 4 is 0 Å². The molecule has 2 rings (SSSR count). The molecule has 1 N–H and O–H groups in total. The third-order valence-electron chi connectivity index (χ3n) is 4.31. The molecule has 0 atom stereocenters. The van der Waals surface area contributed by atoms with E-state index in [9.17, 15) is 0 Å². The van der Waals surface area contributed by atoms with Gasteiger partial charge in [-0.15, -0.1) is 0 Å². The van der Waals surface area contributed by atoms with Crippen molar-refractivity contribution in [2.75, 3.05) is 32.7 Å². The SMILES string of the molecule is Cc1cc(C)c(CCCN2CCCNCC2)cc1C. The minimum atomic E-state index is 1.16. The summed E-state index contributed by atoms with van der Waals surface area (Å²) in [5, 5.41) is 3.47. The normalized spacial score (nSPS) is 17.4. The number of hydrogen-bond donors (Lipinski definition) is 1. The molecule has 0 radical (unpaired) electrons. The van der Waals surface area contributed by atoms with Gasteiger partial charge in [0.05, 0.1) is 0 Å². The molecule has 1 fully saturated rings. The van der Waals surface area contributed by atoms with Crippen molar-refractivity contribution in [2.24, 2.45) is 0 Å². The first-order valence-corrected chi connectivity index (χ1v) is 7.66. The molecule has 1 aromatic rings. The Morgan fingerprint density at radius 1 is 1.00 bits per heavy atom. The van der Waals surface area contributed by atoms with E-state index in [4.69, 9.17) is 0 Å². The summed E-state index contributed by atoms with van der Waals surface area (Å²) in [6.07, 6.45) is 3.79. The Morgan fingerprint density at radius 3 is 2.63 bits per heavy atom. The van der Waals surface area contributed by atoms with Gasteiger partial charge in [0, 0.05) is 13.1 Å². The van der Waals surface area contributed by atoms with Crippen LogP contribution in [0.25, 0.3) is 0 Å². The summed E-state index contributed by atoms with van der Waals surface area (Å²) in [5.41, 5.74) is 5.84. The molecule has 0 amide bonds. The topological polar surface area (TPSA) is 15.3 Å². The monoisotopic (exact) mass is 260 g/mol. The van der Waals surface area contributed by atoms with Crippen molar-refractivity contribution in [3.8, 4) is 0 Å². The molecule has 0 spiro atoms. The smallest absolute Gasteiger partial charge is 0.0107 e. The first-order chi connectivity index (χ1) is 9.16. The van der Waals surface area contributed by atoms with Crippen LogP contribution in [0, 0.1) is 20.8 Å². The maximum absolute atomic E-state index is 3.47. The quantitative estimate of drug-likeness (QED) is 0.895. The van der Waals surface area contributed by atoms with Crippen LogP contribution in [0.4, 0.5) is 0 Å². The third-order valence-corrected chi connectivity index (χ3v) is 4.31. The second kappa shape index (κ2) is 7.06. The van der Waals surface area contributed by atoms with Gasteiger partial charge in [0.25, 0.3) is 0 Å². The average molecular weight is 260 g/mol. The minimum absolute atomic E-state index is 1.16. The van der Waals surface area contributed by atoms with E-state index in [0.717, 1.165) is 6.54 Å². The second-order valence-corrected chi connectivity index (χ2v) is 5.91. The highest BCUT2D eigenvalue weighted by atomic mass is 15.1. The molecule has 106 valence electrons. The van der Waals surface area contributed by atoms with Crippen LogP contribution in [0.1, 0.15) is 35.1 Å². The molecular formula is C17H28N2. The Labute approximate surface area is 118 Å². The van der Waals surface area contributed by atoms with E-state index in [1.807, 2.05) is 0 Å². The van der Waals surface area contributed by atoms with Crippen LogP contribution in [0.5, 0.6) is 0 Å². The summed E-state index contributed by atoms with van der Waals surface area (Å²) in [6.45, 7) is 12.7. The van der Waals surface area contributed by atoms with Crippen LogP contribution in [-0.4, -0.2) is 37.6 Å². The highest BCUT2D eigenvalue weighted by Crippen LogP contribution is 2.17. The molecule has 0 saturated carbocycles. The van der Waals surface area contributed by atoms with E-state index < -0.39 is 0 Å². The van der Waals surface area contributed by atoms with Gasteiger partial charge in [0.1, 0.15) is 0 Å². The molecule has 1 aliphatic rings. The van der Waals surface area contributed by atoms with Crippen molar-refractivity contribution in [1.29, 1.82) is 0 Å². The number of rotatable bonds is 4. The molecule has 2 nitrogen and oxygen atoms in total. The predicted octanol–water partition coefficient (Wildman–Crippen LogP) is 2.84. The summed E-state index contributed by atoms with van der Waals surface area (Å²) in [6, 6.07) is 4.72. The summed E-state index contributed by atoms with van der Waals surface area (Å²) in [7, 11) is 0. The van der Waals surface area contributed by atoms with Gasteiger partial charge in [0.2, 0.25) is 0 Å². The molecule has 1 heterocycles. The van der Waals surface area contributed by atoms with Gasteiger partial charge < -0.3 is 10.2 Å². The zero-order valence-corrected chi connectivity index (χ0v) is 12.8.